The maximum atomic E-state index is 13.2. The Kier molecular flexibility index (Phi) is 3.26. The molecule has 0 aliphatic heterocycles. The third kappa shape index (κ3) is 2.18. The Labute approximate surface area is 105 Å². The molecule has 1 saturated carbocycles. The number of benzene rings is 1. The van der Waals surface area contributed by atoms with Crippen molar-refractivity contribution < 1.29 is 14.3 Å². The Bertz CT molecular complexity index is 478. The number of hydrogen-bond acceptors (Lipinski definition) is 3. The Morgan fingerprint density at radius 3 is 2.89 bits per heavy atom. The summed E-state index contributed by atoms with van der Waals surface area (Å²) in [5.41, 5.74) is 5.67. The van der Waals surface area contributed by atoms with E-state index in [0.717, 1.165) is 25.3 Å². The molecule has 0 aromatic heterocycles. The van der Waals surface area contributed by atoms with E-state index in [1.807, 2.05) is 6.92 Å². The van der Waals surface area contributed by atoms with E-state index in [1.54, 1.807) is 0 Å². The number of hydrogen-bond donors (Lipinski definition) is 3. The van der Waals surface area contributed by atoms with Crippen molar-refractivity contribution in [3.63, 3.8) is 0 Å². The normalized spacial score (nSPS) is 27.2. The summed E-state index contributed by atoms with van der Waals surface area (Å²) in [6.07, 6.45) is 2.49. The maximum Gasteiger partial charge on any atom is 0.231 e. The Hall–Kier alpha value is -1.62. The standard InChI is InChI=1S/C13H17FN2O2/c1-13(6-2-3-11(13)15)12(18)16-8-4-5-10(17)9(14)7-8/h4-5,7,11,17H,2-3,6,15H2,1H3,(H,16,18). The van der Waals surface area contributed by atoms with Crippen LogP contribution in [0.5, 0.6) is 5.75 Å². The lowest BCUT2D eigenvalue weighted by molar-refractivity contribution is -0.125. The van der Waals surface area contributed by atoms with Gasteiger partial charge in [-0.1, -0.05) is 6.42 Å². The topological polar surface area (TPSA) is 75.3 Å². The Morgan fingerprint density at radius 1 is 1.61 bits per heavy atom. The highest BCUT2D eigenvalue weighted by Gasteiger charge is 2.42. The van der Waals surface area contributed by atoms with Gasteiger partial charge in [0.25, 0.3) is 0 Å². The number of nitrogens with two attached hydrogens (primary N) is 1. The van der Waals surface area contributed by atoms with Gasteiger partial charge in [0.05, 0.1) is 5.41 Å². The van der Waals surface area contributed by atoms with Crippen LogP contribution in [0.4, 0.5) is 10.1 Å². The zero-order valence-corrected chi connectivity index (χ0v) is 10.2. The quantitative estimate of drug-likeness (QED) is 0.704. The minimum Gasteiger partial charge on any atom is -0.505 e. The van der Waals surface area contributed by atoms with Crippen molar-refractivity contribution in [3.8, 4) is 5.75 Å². The fraction of sp³-hybridized carbons (Fsp3) is 0.462. The van der Waals surface area contributed by atoms with Crippen LogP contribution in [0.15, 0.2) is 18.2 Å². The van der Waals surface area contributed by atoms with Crippen molar-refractivity contribution >= 4 is 11.6 Å². The van der Waals surface area contributed by atoms with Gasteiger partial charge >= 0.3 is 0 Å². The molecule has 0 spiro atoms. The fourth-order valence-corrected chi connectivity index (χ4v) is 2.33. The van der Waals surface area contributed by atoms with Crippen molar-refractivity contribution in [2.45, 2.75) is 32.2 Å². The summed E-state index contributed by atoms with van der Waals surface area (Å²) in [6, 6.07) is 3.60. The molecule has 1 aromatic rings. The maximum absolute atomic E-state index is 13.2. The second-order valence-electron chi connectivity index (χ2n) is 5.04. The number of carbonyl (C=O) groups is 1. The molecular weight excluding hydrogens is 235 g/mol. The molecule has 1 fully saturated rings. The summed E-state index contributed by atoms with van der Waals surface area (Å²) in [6.45, 7) is 1.83. The van der Waals surface area contributed by atoms with Crippen molar-refractivity contribution in [3.05, 3.63) is 24.0 Å². The number of aromatic hydroxyl groups is 1. The van der Waals surface area contributed by atoms with E-state index in [2.05, 4.69) is 5.32 Å². The van der Waals surface area contributed by atoms with Gasteiger partial charge in [0.2, 0.25) is 5.91 Å². The molecule has 1 aliphatic carbocycles. The molecule has 4 N–H and O–H groups in total. The number of phenols is 1. The molecule has 2 unspecified atom stereocenters. The smallest absolute Gasteiger partial charge is 0.231 e. The molecule has 0 saturated heterocycles. The van der Waals surface area contributed by atoms with Crippen molar-refractivity contribution in [1.29, 1.82) is 0 Å². The molecule has 1 amide bonds. The van der Waals surface area contributed by atoms with Gasteiger partial charge in [0.1, 0.15) is 0 Å². The summed E-state index contributed by atoms with van der Waals surface area (Å²) in [5.74, 6) is -1.39. The van der Waals surface area contributed by atoms with Crippen LogP contribution in [0.3, 0.4) is 0 Å². The molecule has 1 aromatic carbocycles. The number of amides is 1. The average molecular weight is 252 g/mol. The van der Waals surface area contributed by atoms with Gasteiger partial charge in [-0.05, 0) is 31.9 Å². The van der Waals surface area contributed by atoms with Gasteiger partial charge in [-0.2, -0.15) is 0 Å². The van der Waals surface area contributed by atoms with Crippen LogP contribution in [-0.2, 0) is 4.79 Å². The SMILES string of the molecule is CC1(C(=O)Nc2ccc(O)c(F)c2)CCCC1N. The van der Waals surface area contributed by atoms with Gasteiger partial charge in [-0.3, -0.25) is 4.79 Å². The zero-order valence-electron chi connectivity index (χ0n) is 10.2. The highest BCUT2D eigenvalue weighted by atomic mass is 19.1. The first-order valence-electron chi connectivity index (χ1n) is 5.99. The third-order valence-electron chi connectivity index (χ3n) is 3.75. The first-order chi connectivity index (χ1) is 8.43. The van der Waals surface area contributed by atoms with E-state index in [0.29, 0.717) is 5.69 Å². The van der Waals surface area contributed by atoms with E-state index in [9.17, 15) is 9.18 Å². The van der Waals surface area contributed by atoms with Crippen LogP contribution >= 0.6 is 0 Å². The van der Waals surface area contributed by atoms with Crippen molar-refractivity contribution in [2.75, 3.05) is 5.32 Å². The number of phenolic OH excluding ortho intramolecular Hbond substituents is 1. The van der Waals surface area contributed by atoms with Crippen molar-refractivity contribution in [2.24, 2.45) is 11.1 Å². The number of halogens is 1. The average Bonchev–Trinajstić information content (AvgIpc) is 2.66. The van der Waals surface area contributed by atoms with E-state index in [-0.39, 0.29) is 11.9 Å². The van der Waals surface area contributed by atoms with Crippen LogP contribution in [0.2, 0.25) is 0 Å². The van der Waals surface area contributed by atoms with Crippen LogP contribution in [0.25, 0.3) is 0 Å². The second-order valence-corrected chi connectivity index (χ2v) is 5.04. The number of anilines is 1. The molecule has 1 aliphatic rings. The molecule has 98 valence electrons. The molecule has 2 atom stereocenters. The van der Waals surface area contributed by atoms with E-state index >= 15 is 0 Å². The van der Waals surface area contributed by atoms with Gasteiger partial charge in [0.15, 0.2) is 11.6 Å². The van der Waals surface area contributed by atoms with E-state index in [1.165, 1.54) is 12.1 Å². The fourth-order valence-electron chi connectivity index (χ4n) is 2.33. The minimum atomic E-state index is -0.756. The van der Waals surface area contributed by atoms with Crippen LogP contribution < -0.4 is 11.1 Å². The number of carbonyl (C=O) groups excluding carboxylic acids is 1. The molecule has 18 heavy (non-hydrogen) atoms. The van der Waals surface area contributed by atoms with Gasteiger partial charge in [-0.25, -0.2) is 4.39 Å². The molecule has 0 heterocycles. The summed E-state index contributed by atoms with van der Waals surface area (Å²) < 4.78 is 13.2. The molecule has 2 rings (SSSR count). The predicted molar refractivity (Wildman–Crippen MR) is 66.6 cm³/mol. The largest absolute Gasteiger partial charge is 0.505 e. The van der Waals surface area contributed by atoms with Crippen LogP contribution in [0, 0.1) is 11.2 Å². The summed E-state index contributed by atoms with van der Waals surface area (Å²) in [7, 11) is 0. The van der Waals surface area contributed by atoms with Gasteiger partial charge < -0.3 is 16.2 Å². The lowest BCUT2D eigenvalue weighted by atomic mass is 9.84. The van der Waals surface area contributed by atoms with Crippen LogP contribution in [-0.4, -0.2) is 17.1 Å². The van der Waals surface area contributed by atoms with E-state index < -0.39 is 17.0 Å². The first kappa shape index (κ1) is 12.8. The number of nitrogens with one attached hydrogen (secondary N) is 1. The Balaban J connectivity index is 2.14. The lowest BCUT2D eigenvalue weighted by Gasteiger charge is -2.27. The zero-order chi connectivity index (χ0) is 13.3. The highest BCUT2D eigenvalue weighted by Crippen LogP contribution is 2.37. The lowest BCUT2D eigenvalue weighted by Crippen LogP contribution is -2.44. The van der Waals surface area contributed by atoms with E-state index in [4.69, 9.17) is 10.8 Å². The third-order valence-corrected chi connectivity index (χ3v) is 3.75. The van der Waals surface area contributed by atoms with Crippen LogP contribution in [0.1, 0.15) is 26.2 Å². The Morgan fingerprint density at radius 2 is 2.33 bits per heavy atom. The number of rotatable bonds is 2. The molecule has 4 nitrogen and oxygen atoms in total. The van der Waals surface area contributed by atoms with Gasteiger partial charge in [0, 0.05) is 17.8 Å². The van der Waals surface area contributed by atoms with Crippen molar-refractivity contribution in [1.82, 2.24) is 0 Å². The highest BCUT2D eigenvalue weighted by molar-refractivity contribution is 5.95. The molecule has 0 bridgehead atoms. The second kappa shape index (κ2) is 4.57. The molecule has 0 radical (unpaired) electrons. The first-order valence-corrected chi connectivity index (χ1v) is 5.99. The minimum absolute atomic E-state index is 0.167. The predicted octanol–water partition coefficient (Wildman–Crippen LogP) is 1.99. The molecular formula is C13H17FN2O2. The summed E-state index contributed by atoms with van der Waals surface area (Å²) >= 11 is 0. The summed E-state index contributed by atoms with van der Waals surface area (Å²) in [4.78, 5) is 12.2. The summed E-state index contributed by atoms with van der Waals surface area (Å²) in [5, 5.41) is 11.7. The monoisotopic (exact) mass is 252 g/mol. The molecule has 5 heteroatoms. The van der Waals surface area contributed by atoms with Gasteiger partial charge in [-0.15, -0.1) is 0 Å².